The maximum absolute atomic E-state index is 4.29. The van der Waals surface area contributed by atoms with Crippen molar-refractivity contribution in [1.82, 2.24) is 25.0 Å². The molecule has 0 radical (unpaired) electrons. The van der Waals surface area contributed by atoms with Gasteiger partial charge in [-0.25, -0.2) is 4.98 Å². The van der Waals surface area contributed by atoms with E-state index < -0.39 is 0 Å². The van der Waals surface area contributed by atoms with Crippen LogP contribution in [0.4, 0.5) is 0 Å². The average molecular weight is 221 g/mol. The summed E-state index contributed by atoms with van der Waals surface area (Å²) in [6.45, 7) is 4.54. The Morgan fingerprint density at radius 2 is 2.44 bits per heavy atom. The molecule has 0 amide bonds. The molecule has 16 heavy (non-hydrogen) atoms. The molecule has 1 aromatic rings. The zero-order valence-corrected chi connectivity index (χ0v) is 9.76. The van der Waals surface area contributed by atoms with E-state index in [0.29, 0.717) is 0 Å². The third-order valence-electron chi connectivity index (χ3n) is 3.91. The molecule has 2 atom stereocenters. The van der Waals surface area contributed by atoms with Crippen molar-refractivity contribution in [2.24, 2.45) is 13.0 Å². The molecule has 0 spiro atoms. The van der Waals surface area contributed by atoms with E-state index in [1.54, 1.807) is 6.33 Å². The summed E-state index contributed by atoms with van der Waals surface area (Å²) in [6.07, 6.45) is 4.25. The lowest BCUT2D eigenvalue weighted by Crippen LogP contribution is -2.44. The first-order chi connectivity index (χ1) is 7.83. The van der Waals surface area contributed by atoms with Crippen molar-refractivity contribution in [3.8, 4) is 0 Å². The highest BCUT2D eigenvalue weighted by atomic mass is 15.3. The fourth-order valence-electron chi connectivity index (χ4n) is 2.93. The Balaban J connectivity index is 1.62. The highest BCUT2D eigenvalue weighted by Crippen LogP contribution is 2.25. The van der Waals surface area contributed by atoms with Gasteiger partial charge >= 0.3 is 0 Å². The van der Waals surface area contributed by atoms with Gasteiger partial charge < -0.3 is 5.32 Å². The van der Waals surface area contributed by atoms with Crippen molar-refractivity contribution in [2.45, 2.75) is 25.4 Å². The maximum Gasteiger partial charge on any atom is 0.140 e. The van der Waals surface area contributed by atoms with Gasteiger partial charge in [0.05, 0.1) is 6.54 Å². The Kier molecular flexibility index (Phi) is 2.65. The summed E-state index contributed by atoms with van der Waals surface area (Å²) in [6, 6.07) is 0.774. The zero-order chi connectivity index (χ0) is 11.0. The van der Waals surface area contributed by atoms with Gasteiger partial charge in [-0.2, -0.15) is 5.10 Å². The molecule has 0 saturated carbocycles. The van der Waals surface area contributed by atoms with Gasteiger partial charge in [-0.05, 0) is 25.3 Å². The van der Waals surface area contributed by atoms with E-state index in [-0.39, 0.29) is 0 Å². The van der Waals surface area contributed by atoms with Crippen LogP contribution in [0.5, 0.6) is 0 Å². The Morgan fingerprint density at radius 1 is 1.50 bits per heavy atom. The molecular formula is C11H19N5. The molecule has 3 heterocycles. The second-order valence-electron chi connectivity index (χ2n) is 4.93. The van der Waals surface area contributed by atoms with Crippen molar-refractivity contribution in [2.75, 3.05) is 19.6 Å². The van der Waals surface area contributed by atoms with Crippen LogP contribution in [-0.2, 0) is 13.6 Å². The molecule has 88 valence electrons. The molecule has 5 nitrogen and oxygen atoms in total. The molecule has 2 fully saturated rings. The Morgan fingerprint density at radius 3 is 3.25 bits per heavy atom. The average Bonchev–Trinajstić information content (AvgIpc) is 2.88. The molecule has 0 bridgehead atoms. The summed E-state index contributed by atoms with van der Waals surface area (Å²) in [5.74, 6) is 1.92. The van der Waals surface area contributed by atoms with Crippen molar-refractivity contribution in [3.05, 3.63) is 12.2 Å². The van der Waals surface area contributed by atoms with Gasteiger partial charge in [0, 0.05) is 26.2 Å². The number of rotatable bonds is 2. The van der Waals surface area contributed by atoms with Crippen LogP contribution in [0, 0.1) is 5.92 Å². The minimum atomic E-state index is 0.774. The second-order valence-corrected chi connectivity index (χ2v) is 4.93. The number of nitrogens with zero attached hydrogens (tertiary/aromatic N) is 4. The lowest BCUT2D eigenvalue weighted by molar-refractivity contribution is 0.151. The van der Waals surface area contributed by atoms with Gasteiger partial charge in [-0.3, -0.25) is 9.58 Å². The third-order valence-corrected chi connectivity index (χ3v) is 3.91. The van der Waals surface area contributed by atoms with E-state index in [2.05, 4.69) is 20.3 Å². The van der Waals surface area contributed by atoms with Gasteiger partial charge in [0.25, 0.3) is 0 Å². The molecule has 1 N–H and O–H groups in total. The van der Waals surface area contributed by atoms with Crippen LogP contribution in [0.2, 0.25) is 0 Å². The lowest BCUT2D eigenvalue weighted by atomic mass is 9.93. The number of piperidine rings is 1. The summed E-state index contributed by atoms with van der Waals surface area (Å²) in [5, 5.41) is 7.70. The normalized spacial score (nSPS) is 30.6. The zero-order valence-electron chi connectivity index (χ0n) is 9.76. The fraction of sp³-hybridized carbons (Fsp3) is 0.818. The number of aryl methyl sites for hydroxylation is 1. The van der Waals surface area contributed by atoms with Crippen LogP contribution in [-0.4, -0.2) is 45.3 Å². The Hall–Kier alpha value is -0.940. The lowest BCUT2D eigenvalue weighted by Gasteiger charge is -2.34. The van der Waals surface area contributed by atoms with Gasteiger partial charge in [0.2, 0.25) is 0 Å². The molecule has 5 heteroatoms. The van der Waals surface area contributed by atoms with Crippen molar-refractivity contribution >= 4 is 0 Å². The number of aromatic nitrogens is 3. The molecular weight excluding hydrogens is 202 g/mol. The van der Waals surface area contributed by atoms with Crippen molar-refractivity contribution in [3.63, 3.8) is 0 Å². The van der Waals surface area contributed by atoms with Crippen LogP contribution >= 0.6 is 0 Å². The number of nitrogens with one attached hydrogen (secondary N) is 1. The van der Waals surface area contributed by atoms with Crippen LogP contribution in [0.3, 0.4) is 0 Å². The standard InChI is InChI=1S/C11H19N5/c1-15-11(13-8-14-15)7-16-5-3-10-9(6-16)2-4-12-10/h8-10,12H,2-7H2,1H3. The molecule has 0 aliphatic carbocycles. The predicted octanol–water partition coefficient (Wildman–Crippen LogP) is -0.00110. The molecule has 0 aromatic carbocycles. The van der Waals surface area contributed by atoms with Crippen LogP contribution < -0.4 is 5.32 Å². The molecule has 2 saturated heterocycles. The van der Waals surface area contributed by atoms with E-state index in [0.717, 1.165) is 24.3 Å². The van der Waals surface area contributed by atoms with E-state index >= 15 is 0 Å². The van der Waals surface area contributed by atoms with Gasteiger partial charge in [-0.15, -0.1) is 0 Å². The minimum Gasteiger partial charge on any atom is -0.314 e. The third kappa shape index (κ3) is 1.85. The number of hydrogen-bond donors (Lipinski definition) is 1. The highest BCUT2D eigenvalue weighted by Gasteiger charge is 2.32. The fourth-order valence-corrected chi connectivity index (χ4v) is 2.93. The van der Waals surface area contributed by atoms with Crippen LogP contribution in [0.25, 0.3) is 0 Å². The maximum atomic E-state index is 4.29. The van der Waals surface area contributed by atoms with Crippen molar-refractivity contribution in [1.29, 1.82) is 0 Å². The highest BCUT2D eigenvalue weighted by molar-refractivity contribution is 4.92. The summed E-state index contributed by atoms with van der Waals surface area (Å²) in [5.41, 5.74) is 0. The molecule has 2 aliphatic heterocycles. The van der Waals surface area contributed by atoms with E-state index in [1.165, 1.54) is 32.5 Å². The molecule has 1 aromatic heterocycles. The van der Waals surface area contributed by atoms with Crippen molar-refractivity contribution < 1.29 is 0 Å². The largest absolute Gasteiger partial charge is 0.314 e. The van der Waals surface area contributed by atoms with Gasteiger partial charge in [0.1, 0.15) is 12.2 Å². The van der Waals surface area contributed by atoms with E-state index in [4.69, 9.17) is 0 Å². The van der Waals surface area contributed by atoms with E-state index in [1.807, 2.05) is 11.7 Å². The first-order valence-corrected chi connectivity index (χ1v) is 6.11. The first-order valence-electron chi connectivity index (χ1n) is 6.11. The van der Waals surface area contributed by atoms with E-state index in [9.17, 15) is 0 Å². The number of likely N-dealkylation sites (tertiary alicyclic amines) is 1. The molecule has 2 unspecified atom stereocenters. The Labute approximate surface area is 95.8 Å². The number of hydrogen-bond acceptors (Lipinski definition) is 4. The summed E-state index contributed by atoms with van der Waals surface area (Å²) in [7, 11) is 1.96. The monoisotopic (exact) mass is 221 g/mol. The second kappa shape index (κ2) is 4.14. The quantitative estimate of drug-likeness (QED) is 0.763. The first kappa shape index (κ1) is 10.2. The SMILES string of the molecule is Cn1ncnc1CN1CCC2NCCC2C1. The summed E-state index contributed by atoms with van der Waals surface area (Å²) < 4.78 is 1.87. The van der Waals surface area contributed by atoms with Crippen LogP contribution in [0.1, 0.15) is 18.7 Å². The predicted molar refractivity (Wildman–Crippen MR) is 60.8 cm³/mol. The molecule has 2 aliphatic rings. The summed E-state index contributed by atoms with van der Waals surface area (Å²) >= 11 is 0. The number of fused-ring (bicyclic) bond motifs is 1. The van der Waals surface area contributed by atoms with Gasteiger partial charge in [0.15, 0.2) is 0 Å². The topological polar surface area (TPSA) is 46.0 Å². The van der Waals surface area contributed by atoms with Crippen LogP contribution in [0.15, 0.2) is 6.33 Å². The molecule has 3 rings (SSSR count). The smallest absolute Gasteiger partial charge is 0.140 e. The van der Waals surface area contributed by atoms with Gasteiger partial charge in [-0.1, -0.05) is 0 Å². The Bertz CT molecular complexity index is 361. The minimum absolute atomic E-state index is 0.774. The summed E-state index contributed by atoms with van der Waals surface area (Å²) in [4.78, 5) is 6.80.